The van der Waals surface area contributed by atoms with Gasteiger partial charge in [-0.15, -0.1) is 0 Å². The molecule has 2 aromatic carbocycles. The second-order valence-electron chi connectivity index (χ2n) is 7.00. The number of nitrogens with one attached hydrogen (secondary N) is 2. The summed E-state index contributed by atoms with van der Waals surface area (Å²) in [4.78, 5) is 26.6. The number of hydrogen-bond donors (Lipinski definition) is 2. The van der Waals surface area contributed by atoms with Crippen molar-refractivity contribution in [3.63, 3.8) is 0 Å². The van der Waals surface area contributed by atoms with Gasteiger partial charge in [0.2, 0.25) is 11.8 Å². The normalized spacial score (nSPS) is 12.1. The summed E-state index contributed by atoms with van der Waals surface area (Å²) in [7, 11) is 1.73. The number of amides is 2. The Morgan fingerprint density at radius 2 is 1.68 bits per heavy atom. The van der Waals surface area contributed by atoms with Crippen LogP contribution in [0.15, 0.2) is 42.5 Å². The van der Waals surface area contributed by atoms with Gasteiger partial charge in [0.05, 0.1) is 22.6 Å². The van der Waals surface area contributed by atoms with Crippen molar-refractivity contribution < 1.29 is 9.59 Å². The standard InChI is InChI=1S/C21H25Cl2N3O2/c1-13(2)16-7-5-6-8-19(16)25-21(28)14(3)26(4)12-20(27)24-15-9-10-17(22)18(23)11-15/h5-11,13-14H,12H2,1-4H3,(H,24,27)(H,25,28)/t14-/m0/s1. The van der Waals surface area contributed by atoms with E-state index in [2.05, 4.69) is 24.5 Å². The van der Waals surface area contributed by atoms with Crippen LogP contribution in [-0.2, 0) is 9.59 Å². The van der Waals surface area contributed by atoms with Crippen LogP contribution < -0.4 is 10.6 Å². The quantitative estimate of drug-likeness (QED) is 0.659. The van der Waals surface area contributed by atoms with E-state index in [1.54, 1.807) is 37.1 Å². The van der Waals surface area contributed by atoms with Gasteiger partial charge in [0, 0.05) is 11.4 Å². The molecule has 0 saturated heterocycles. The lowest BCUT2D eigenvalue weighted by atomic mass is 10.0. The first-order valence-electron chi connectivity index (χ1n) is 9.04. The first kappa shape index (κ1) is 22.2. The molecule has 1 atom stereocenters. The molecule has 150 valence electrons. The third kappa shape index (κ3) is 5.96. The highest BCUT2D eigenvalue weighted by Crippen LogP contribution is 2.25. The van der Waals surface area contributed by atoms with E-state index in [1.165, 1.54) is 0 Å². The van der Waals surface area contributed by atoms with E-state index in [4.69, 9.17) is 23.2 Å². The molecule has 0 saturated carbocycles. The Morgan fingerprint density at radius 3 is 2.32 bits per heavy atom. The Morgan fingerprint density at radius 1 is 1.00 bits per heavy atom. The number of anilines is 2. The molecule has 2 rings (SSSR count). The van der Waals surface area contributed by atoms with E-state index >= 15 is 0 Å². The summed E-state index contributed by atoms with van der Waals surface area (Å²) in [5.74, 6) is -0.123. The van der Waals surface area contributed by atoms with Gasteiger partial charge >= 0.3 is 0 Å². The van der Waals surface area contributed by atoms with Crippen LogP contribution in [0.3, 0.4) is 0 Å². The number of hydrogen-bond acceptors (Lipinski definition) is 3. The second kappa shape index (κ2) is 9.92. The largest absolute Gasteiger partial charge is 0.325 e. The van der Waals surface area contributed by atoms with Gasteiger partial charge in [0.25, 0.3) is 0 Å². The van der Waals surface area contributed by atoms with Crippen LogP contribution in [0.5, 0.6) is 0 Å². The number of carbonyl (C=O) groups excluding carboxylic acids is 2. The van der Waals surface area contributed by atoms with Crippen molar-refractivity contribution >= 4 is 46.4 Å². The van der Waals surface area contributed by atoms with Crippen LogP contribution in [0, 0.1) is 0 Å². The minimum Gasteiger partial charge on any atom is -0.325 e. The Balaban J connectivity index is 1.96. The van der Waals surface area contributed by atoms with Gasteiger partial charge in [-0.2, -0.15) is 0 Å². The first-order chi connectivity index (χ1) is 13.2. The molecule has 2 N–H and O–H groups in total. The molecular weight excluding hydrogens is 397 g/mol. The zero-order chi connectivity index (χ0) is 20.8. The van der Waals surface area contributed by atoms with Gasteiger partial charge in [-0.25, -0.2) is 0 Å². The van der Waals surface area contributed by atoms with Gasteiger partial charge in [0.15, 0.2) is 0 Å². The van der Waals surface area contributed by atoms with Crippen LogP contribution >= 0.6 is 23.2 Å². The summed E-state index contributed by atoms with van der Waals surface area (Å²) in [6.45, 7) is 5.97. The molecule has 7 heteroatoms. The zero-order valence-corrected chi connectivity index (χ0v) is 17.9. The fourth-order valence-corrected chi connectivity index (χ4v) is 2.99. The van der Waals surface area contributed by atoms with Crippen molar-refractivity contribution in [3.8, 4) is 0 Å². The van der Waals surface area contributed by atoms with Crippen molar-refractivity contribution in [3.05, 3.63) is 58.1 Å². The number of benzene rings is 2. The molecule has 28 heavy (non-hydrogen) atoms. The average molecular weight is 422 g/mol. The highest BCUT2D eigenvalue weighted by molar-refractivity contribution is 6.42. The summed E-state index contributed by atoms with van der Waals surface area (Å²) >= 11 is 11.8. The zero-order valence-electron chi connectivity index (χ0n) is 16.4. The monoisotopic (exact) mass is 421 g/mol. The maximum Gasteiger partial charge on any atom is 0.241 e. The van der Waals surface area contributed by atoms with Crippen LogP contribution in [-0.4, -0.2) is 36.3 Å². The van der Waals surface area contributed by atoms with Crippen molar-refractivity contribution in [2.75, 3.05) is 24.2 Å². The molecule has 0 spiro atoms. The number of nitrogens with zero attached hydrogens (tertiary/aromatic N) is 1. The van der Waals surface area contributed by atoms with E-state index < -0.39 is 6.04 Å². The Labute approximate surface area is 176 Å². The van der Waals surface area contributed by atoms with Gasteiger partial charge in [0.1, 0.15) is 0 Å². The van der Waals surface area contributed by atoms with E-state index in [0.717, 1.165) is 11.3 Å². The fourth-order valence-electron chi connectivity index (χ4n) is 2.69. The highest BCUT2D eigenvalue weighted by atomic mass is 35.5. The van der Waals surface area contributed by atoms with Gasteiger partial charge in [-0.1, -0.05) is 55.2 Å². The van der Waals surface area contributed by atoms with Gasteiger partial charge in [-0.3, -0.25) is 14.5 Å². The number of para-hydroxylation sites is 1. The predicted octanol–water partition coefficient (Wildman–Crippen LogP) is 5.01. The maximum absolute atomic E-state index is 12.6. The molecule has 0 heterocycles. The van der Waals surface area contributed by atoms with E-state index in [1.807, 2.05) is 24.3 Å². The van der Waals surface area contributed by atoms with Crippen molar-refractivity contribution in [1.82, 2.24) is 4.90 Å². The summed E-state index contributed by atoms with van der Waals surface area (Å²) in [6.07, 6.45) is 0. The molecule has 5 nitrogen and oxygen atoms in total. The lowest BCUT2D eigenvalue weighted by Crippen LogP contribution is -2.43. The SMILES string of the molecule is CC(C)c1ccccc1NC(=O)[C@H](C)N(C)CC(=O)Nc1ccc(Cl)c(Cl)c1. The Kier molecular flexibility index (Phi) is 7.87. The summed E-state index contributed by atoms with van der Waals surface area (Å²) in [6, 6.07) is 12.1. The third-order valence-electron chi connectivity index (χ3n) is 4.48. The molecule has 0 unspecified atom stereocenters. The molecule has 0 radical (unpaired) electrons. The molecular formula is C21H25Cl2N3O2. The molecule has 0 aliphatic carbocycles. The molecule has 0 aliphatic heterocycles. The van der Waals surface area contributed by atoms with Crippen molar-refractivity contribution in [2.24, 2.45) is 0 Å². The predicted molar refractivity (Wildman–Crippen MR) is 116 cm³/mol. The van der Waals surface area contributed by atoms with E-state index in [0.29, 0.717) is 21.7 Å². The number of carbonyl (C=O) groups is 2. The number of rotatable bonds is 7. The fraction of sp³-hybridized carbons (Fsp3) is 0.333. The first-order valence-corrected chi connectivity index (χ1v) is 9.79. The minimum atomic E-state index is -0.486. The average Bonchev–Trinajstić information content (AvgIpc) is 2.64. The van der Waals surface area contributed by atoms with Crippen LogP contribution in [0.25, 0.3) is 0 Å². The highest BCUT2D eigenvalue weighted by Gasteiger charge is 2.21. The molecule has 0 fully saturated rings. The number of likely N-dealkylation sites (N-methyl/N-ethyl adjacent to an activating group) is 1. The second-order valence-corrected chi connectivity index (χ2v) is 7.81. The van der Waals surface area contributed by atoms with Gasteiger partial charge in [-0.05, 0) is 49.7 Å². The topological polar surface area (TPSA) is 61.4 Å². The Hall–Kier alpha value is -2.08. The summed E-state index contributed by atoms with van der Waals surface area (Å²) in [5.41, 5.74) is 2.42. The van der Waals surface area contributed by atoms with Gasteiger partial charge < -0.3 is 10.6 Å². The lowest BCUT2D eigenvalue weighted by Gasteiger charge is -2.24. The van der Waals surface area contributed by atoms with Crippen molar-refractivity contribution in [2.45, 2.75) is 32.7 Å². The van der Waals surface area contributed by atoms with Crippen LogP contribution in [0.4, 0.5) is 11.4 Å². The van der Waals surface area contributed by atoms with Crippen molar-refractivity contribution in [1.29, 1.82) is 0 Å². The maximum atomic E-state index is 12.6. The minimum absolute atomic E-state index is 0.0562. The van der Waals surface area contributed by atoms with Crippen LogP contribution in [0.2, 0.25) is 10.0 Å². The summed E-state index contributed by atoms with van der Waals surface area (Å²) in [5, 5.41) is 6.50. The summed E-state index contributed by atoms with van der Waals surface area (Å²) < 4.78 is 0. The lowest BCUT2D eigenvalue weighted by molar-refractivity contribution is -0.122. The Bertz CT molecular complexity index is 855. The molecule has 0 aliphatic rings. The number of halogens is 2. The molecule has 2 amide bonds. The molecule has 0 aromatic heterocycles. The van der Waals surface area contributed by atoms with Crippen LogP contribution in [0.1, 0.15) is 32.3 Å². The van der Waals surface area contributed by atoms with E-state index in [-0.39, 0.29) is 18.4 Å². The molecule has 2 aromatic rings. The third-order valence-corrected chi connectivity index (χ3v) is 5.22. The molecule has 0 bridgehead atoms. The smallest absolute Gasteiger partial charge is 0.241 e. The van der Waals surface area contributed by atoms with E-state index in [9.17, 15) is 9.59 Å².